The summed E-state index contributed by atoms with van der Waals surface area (Å²) in [6.45, 7) is 3.19. The minimum atomic E-state index is -0.0914. The lowest BCUT2D eigenvalue weighted by molar-refractivity contribution is -0.114. The summed E-state index contributed by atoms with van der Waals surface area (Å²) in [6, 6.07) is 0.609. The lowest BCUT2D eigenvalue weighted by Crippen LogP contribution is -2.35. The molecule has 1 amide bonds. The highest BCUT2D eigenvalue weighted by molar-refractivity contribution is 5.89. The highest BCUT2D eigenvalue weighted by Gasteiger charge is 2.32. The lowest BCUT2D eigenvalue weighted by Gasteiger charge is -2.31. The molecule has 2 aliphatic rings. The number of aromatic nitrogens is 4. The molecule has 2 fully saturated rings. The van der Waals surface area contributed by atoms with E-state index >= 15 is 0 Å². The molecule has 23 heavy (non-hydrogen) atoms. The number of nitrogens with one attached hydrogen (secondary N) is 2. The van der Waals surface area contributed by atoms with Crippen molar-refractivity contribution in [3.05, 3.63) is 17.8 Å². The van der Waals surface area contributed by atoms with Gasteiger partial charge in [0.1, 0.15) is 0 Å². The Labute approximate surface area is 133 Å². The predicted octanol–water partition coefficient (Wildman–Crippen LogP) is 2.01. The van der Waals surface area contributed by atoms with Gasteiger partial charge in [0.2, 0.25) is 11.8 Å². The first-order valence-electron chi connectivity index (χ1n) is 8.10. The Morgan fingerprint density at radius 2 is 2.22 bits per heavy atom. The fourth-order valence-electron chi connectivity index (χ4n) is 3.13. The molecule has 1 aliphatic heterocycles. The Morgan fingerprint density at radius 3 is 3.00 bits per heavy atom. The number of anilines is 2. The van der Waals surface area contributed by atoms with Crippen molar-refractivity contribution in [1.29, 1.82) is 0 Å². The van der Waals surface area contributed by atoms with Gasteiger partial charge in [-0.3, -0.25) is 9.89 Å². The van der Waals surface area contributed by atoms with Gasteiger partial charge in [0.25, 0.3) is 0 Å². The van der Waals surface area contributed by atoms with E-state index in [1.54, 1.807) is 6.20 Å². The summed E-state index contributed by atoms with van der Waals surface area (Å²) < 4.78 is 5.82. The van der Waals surface area contributed by atoms with E-state index in [1.165, 1.54) is 6.92 Å². The lowest BCUT2D eigenvalue weighted by atomic mass is 9.94. The Kier molecular flexibility index (Phi) is 3.51. The number of H-pyrrole nitrogens is 1. The van der Waals surface area contributed by atoms with Gasteiger partial charge in [-0.05, 0) is 25.7 Å². The molecule has 1 aliphatic carbocycles. The molecule has 3 heterocycles. The van der Waals surface area contributed by atoms with Crippen LogP contribution in [-0.4, -0.2) is 39.4 Å². The third-order valence-electron chi connectivity index (χ3n) is 4.44. The van der Waals surface area contributed by atoms with Gasteiger partial charge >= 0.3 is 6.01 Å². The zero-order chi connectivity index (χ0) is 15.8. The molecule has 4 rings (SSSR count). The van der Waals surface area contributed by atoms with Gasteiger partial charge in [0, 0.05) is 31.8 Å². The van der Waals surface area contributed by atoms with E-state index in [0.717, 1.165) is 56.0 Å². The zero-order valence-corrected chi connectivity index (χ0v) is 13.1. The maximum absolute atomic E-state index is 11.3. The van der Waals surface area contributed by atoms with E-state index in [0.29, 0.717) is 11.9 Å². The zero-order valence-electron chi connectivity index (χ0n) is 13.1. The van der Waals surface area contributed by atoms with Gasteiger partial charge in [-0.25, -0.2) is 0 Å². The van der Waals surface area contributed by atoms with Crippen molar-refractivity contribution < 1.29 is 9.21 Å². The fourth-order valence-corrected chi connectivity index (χ4v) is 3.13. The first kappa shape index (κ1) is 14.2. The van der Waals surface area contributed by atoms with E-state index in [1.807, 2.05) is 0 Å². The summed E-state index contributed by atoms with van der Waals surface area (Å²) in [5.74, 6) is 1.40. The molecule has 1 unspecified atom stereocenters. The van der Waals surface area contributed by atoms with E-state index in [2.05, 4.69) is 30.6 Å². The van der Waals surface area contributed by atoms with Gasteiger partial charge < -0.3 is 14.6 Å². The number of piperidine rings is 1. The minimum Gasteiger partial charge on any atom is -0.408 e. The number of nitrogens with zero attached hydrogens (tertiary/aromatic N) is 4. The first-order chi connectivity index (χ1) is 11.2. The van der Waals surface area contributed by atoms with Crippen LogP contribution in [0.2, 0.25) is 0 Å². The summed E-state index contributed by atoms with van der Waals surface area (Å²) in [4.78, 5) is 13.4. The Bertz CT molecular complexity index is 704. The molecule has 8 heteroatoms. The fraction of sp³-hybridized carbons (Fsp3) is 0.600. The molecule has 2 N–H and O–H groups in total. The third kappa shape index (κ3) is 2.93. The van der Waals surface area contributed by atoms with Crippen LogP contribution in [0.15, 0.2) is 10.6 Å². The van der Waals surface area contributed by atoms with Crippen molar-refractivity contribution in [2.45, 2.75) is 44.4 Å². The van der Waals surface area contributed by atoms with Crippen LogP contribution < -0.4 is 10.2 Å². The highest BCUT2D eigenvalue weighted by atomic mass is 16.4. The average Bonchev–Trinajstić information content (AvgIpc) is 3.09. The van der Waals surface area contributed by atoms with Crippen LogP contribution in [0.3, 0.4) is 0 Å². The van der Waals surface area contributed by atoms with Crippen molar-refractivity contribution in [3.63, 3.8) is 0 Å². The van der Waals surface area contributed by atoms with Crippen LogP contribution in [0.25, 0.3) is 0 Å². The second-order valence-electron chi connectivity index (χ2n) is 6.36. The predicted molar refractivity (Wildman–Crippen MR) is 83.4 cm³/mol. The first-order valence-corrected chi connectivity index (χ1v) is 8.10. The molecule has 2 aromatic rings. The van der Waals surface area contributed by atoms with Crippen LogP contribution in [0.4, 0.5) is 11.7 Å². The van der Waals surface area contributed by atoms with Gasteiger partial charge in [-0.1, -0.05) is 5.10 Å². The summed E-state index contributed by atoms with van der Waals surface area (Å²) in [5, 5.41) is 18.3. The van der Waals surface area contributed by atoms with Crippen LogP contribution >= 0.6 is 0 Å². The average molecular weight is 316 g/mol. The van der Waals surface area contributed by atoms with Crippen molar-refractivity contribution in [3.8, 4) is 0 Å². The molecule has 0 spiro atoms. The minimum absolute atomic E-state index is 0.0914. The van der Waals surface area contributed by atoms with Crippen LogP contribution in [0.1, 0.15) is 56.0 Å². The van der Waals surface area contributed by atoms with E-state index in [4.69, 9.17) is 4.42 Å². The monoisotopic (exact) mass is 316 g/mol. The van der Waals surface area contributed by atoms with Crippen LogP contribution in [0.5, 0.6) is 0 Å². The van der Waals surface area contributed by atoms with Crippen molar-refractivity contribution in [1.82, 2.24) is 20.4 Å². The number of amides is 1. The molecule has 0 aromatic carbocycles. The van der Waals surface area contributed by atoms with E-state index in [-0.39, 0.29) is 11.8 Å². The number of carbonyl (C=O) groups is 1. The molecule has 2 aromatic heterocycles. The Morgan fingerprint density at radius 1 is 1.35 bits per heavy atom. The maximum Gasteiger partial charge on any atom is 0.318 e. The largest absolute Gasteiger partial charge is 0.408 e. The molecule has 0 radical (unpaired) electrons. The number of hydrogen-bond donors (Lipinski definition) is 2. The summed E-state index contributed by atoms with van der Waals surface area (Å²) in [7, 11) is 0. The molecule has 1 saturated heterocycles. The van der Waals surface area contributed by atoms with Crippen molar-refractivity contribution in [2.24, 2.45) is 0 Å². The standard InChI is InChI=1S/C15H20N6O2/c1-9(22)17-12-7-16-18-13(12)11-3-2-6-21(8-11)15-20-19-14(23-15)10-4-5-10/h7,10-11H,2-6,8H2,1H3,(H,16,18)(H,17,22). The topological polar surface area (TPSA) is 99.9 Å². The summed E-state index contributed by atoms with van der Waals surface area (Å²) in [6.07, 6.45) is 6.03. The van der Waals surface area contributed by atoms with Crippen molar-refractivity contribution in [2.75, 3.05) is 23.3 Å². The Balaban J connectivity index is 1.50. The molecule has 1 saturated carbocycles. The number of aromatic amines is 1. The normalized spacial score (nSPS) is 21.4. The number of rotatable bonds is 4. The molecular weight excluding hydrogens is 296 g/mol. The molecule has 1 atom stereocenters. The Hall–Kier alpha value is -2.38. The van der Waals surface area contributed by atoms with Crippen LogP contribution in [-0.2, 0) is 4.79 Å². The van der Waals surface area contributed by atoms with E-state index in [9.17, 15) is 4.79 Å². The molecule has 8 nitrogen and oxygen atoms in total. The van der Waals surface area contributed by atoms with Crippen molar-refractivity contribution >= 4 is 17.6 Å². The van der Waals surface area contributed by atoms with Crippen LogP contribution in [0, 0.1) is 0 Å². The second-order valence-corrected chi connectivity index (χ2v) is 6.36. The second kappa shape index (κ2) is 5.68. The van der Waals surface area contributed by atoms with E-state index < -0.39 is 0 Å². The third-order valence-corrected chi connectivity index (χ3v) is 4.44. The maximum atomic E-state index is 11.3. The summed E-state index contributed by atoms with van der Waals surface area (Å²) in [5.41, 5.74) is 1.72. The van der Waals surface area contributed by atoms with Gasteiger partial charge in [-0.2, -0.15) is 5.10 Å². The highest BCUT2D eigenvalue weighted by Crippen LogP contribution is 2.40. The summed E-state index contributed by atoms with van der Waals surface area (Å²) >= 11 is 0. The van der Waals surface area contributed by atoms with Gasteiger partial charge in [0.15, 0.2) is 0 Å². The van der Waals surface area contributed by atoms with Gasteiger partial charge in [0.05, 0.1) is 17.6 Å². The molecular formula is C15H20N6O2. The smallest absolute Gasteiger partial charge is 0.318 e. The molecule has 122 valence electrons. The number of carbonyl (C=O) groups excluding carboxylic acids is 1. The SMILES string of the molecule is CC(=O)Nc1cn[nH]c1C1CCCN(c2nnc(C3CC3)o2)C1. The quantitative estimate of drug-likeness (QED) is 0.895. The van der Waals surface area contributed by atoms with Gasteiger partial charge in [-0.15, -0.1) is 5.10 Å². The molecule has 0 bridgehead atoms. The number of hydrogen-bond acceptors (Lipinski definition) is 6.